The van der Waals surface area contributed by atoms with Crippen molar-refractivity contribution in [1.82, 2.24) is 5.32 Å². The molecule has 0 aromatic heterocycles. The van der Waals surface area contributed by atoms with Gasteiger partial charge in [0.1, 0.15) is 0 Å². The van der Waals surface area contributed by atoms with E-state index in [9.17, 15) is 4.79 Å². The van der Waals surface area contributed by atoms with Crippen LogP contribution in [0.4, 0.5) is 0 Å². The Hall–Kier alpha value is -1.61. The van der Waals surface area contributed by atoms with Crippen molar-refractivity contribution in [3.63, 3.8) is 0 Å². The van der Waals surface area contributed by atoms with Gasteiger partial charge in [0, 0.05) is 12.1 Å². The van der Waals surface area contributed by atoms with Gasteiger partial charge in [-0.05, 0) is 32.4 Å². The molecule has 0 fully saturated rings. The fraction of sp³-hybridized carbons (Fsp3) is 0.400. The summed E-state index contributed by atoms with van der Waals surface area (Å²) in [5.74, 6) is -0.296. The van der Waals surface area contributed by atoms with Crippen LogP contribution in [0.15, 0.2) is 35.9 Å². The summed E-state index contributed by atoms with van der Waals surface area (Å²) in [6, 6.07) is 9.75. The number of hydrogen-bond acceptors (Lipinski definition) is 3. The van der Waals surface area contributed by atoms with E-state index in [0.29, 0.717) is 12.1 Å². The highest BCUT2D eigenvalue weighted by Crippen LogP contribution is 2.09. The van der Waals surface area contributed by atoms with E-state index in [0.717, 1.165) is 5.56 Å². The molecule has 3 nitrogen and oxygen atoms in total. The minimum atomic E-state index is -0.296. The summed E-state index contributed by atoms with van der Waals surface area (Å²) in [5.41, 5.74) is 1.58. The van der Waals surface area contributed by atoms with E-state index in [1.165, 1.54) is 7.11 Å². The molecule has 1 N–H and O–H groups in total. The van der Waals surface area contributed by atoms with Crippen LogP contribution in [0.1, 0.15) is 26.3 Å². The van der Waals surface area contributed by atoms with E-state index in [2.05, 4.69) is 26.1 Å². The van der Waals surface area contributed by atoms with Crippen molar-refractivity contribution in [3.05, 3.63) is 41.5 Å². The van der Waals surface area contributed by atoms with Crippen LogP contribution < -0.4 is 5.32 Å². The molecule has 18 heavy (non-hydrogen) atoms. The molecule has 1 aromatic rings. The fourth-order valence-corrected chi connectivity index (χ4v) is 1.42. The summed E-state index contributed by atoms with van der Waals surface area (Å²) < 4.78 is 4.80. The second-order valence-electron chi connectivity index (χ2n) is 5.18. The van der Waals surface area contributed by atoms with E-state index in [1.807, 2.05) is 36.4 Å². The minimum Gasteiger partial charge on any atom is -0.466 e. The number of nitrogens with one attached hydrogen (secondary N) is 1. The highest BCUT2D eigenvalue weighted by atomic mass is 16.5. The molecule has 1 aromatic carbocycles. The number of methoxy groups -OCH3 is 1. The zero-order valence-corrected chi connectivity index (χ0v) is 11.5. The average Bonchev–Trinajstić information content (AvgIpc) is 2.33. The van der Waals surface area contributed by atoms with Crippen molar-refractivity contribution in [1.29, 1.82) is 0 Å². The first kappa shape index (κ1) is 14.5. The third kappa shape index (κ3) is 5.15. The molecule has 0 heterocycles. The Kier molecular flexibility index (Phi) is 5.10. The van der Waals surface area contributed by atoms with Gasteiger partial charge >= 0.3 is 5.97 Å². The molecule has 0 aliphatic carbocycles. The number of carbonyl (C=O) groups is 1. The van der Waals surface area contributed by atoms with Crippen molar-refractivity contribution in [2.75, 3.05) is 13.7 Å². The molecule has 0 aliphatic rings. The first-order valence-electron chi connectivity index (χ1n) is 6.01. The molecule has 0 saturated carbocycles. The maximum absolute atomic E-state index is 11.7. The van der Waals surface area contributed by atoms with Gasteiger partial charge in [0.05, 0.1) is 12.7 Å². The van der Waals surface area contributed by atoms with Gasteiger partial charge in [0.2, 0.25) is 0 Å². The third-order valence-corrected chi connectivity index (χ3v) is 2.40. The molecule has 0 unspecified atom stereocenters. The largest absolute Gasteiger partial charge is 0.466 e. The quantitative estimate of drug-likeness (QED) is 0.656. The summed E-state index contributed by atoms with van der Waals surface area (Å²) >= 11 is 0. The summed E-state index contributed by atoms with van der Waals surface area (Å²) in [4.78, 5) is 11.7. The lowest BCUT2D eigenvalue weighted by atomic mass is 10.1. The van der Waals surface area contributed by atoms with Crippen molar-refractivity contribution in [2.45, 2.75) is 26.3 Å². The molecule has 0 aliphatic heterocycles. The molecule has 0 amide bonds. The van der Waals surface area contributed by atoms with E-state index in [1.54, 1.807) is 0 Å². The Balaban J connectivity index is 2.85. The third-order valence-electron chi connectivity index (χ3n) is 2.40. The molecule has 0 bridgehead atoms. The Morgan fingerprint density at radius 3 is 2.39 bits per heavy atom. The van der Waals surface area contributed by atoms with Gasteiger partial charge in [-0.1, -0.05) is 30.3 Å². The second-order valence-corrected chi connectivity index (χ2v) is 5.18. The lowest BCUT2D eigenvalue weighted by Crippen LogP contribution is -2.38. The molecule has 0 atom stereocenters. The van der Waals surface area contributed by atoms with Gasteiger partial charge in [-0.2, -0.15) is 0 Å². The Morgan fingerprint density at radius 1 is 1.28 bits per heavy atom. The summed E-state index contributed by atoms with van der Waals surface area (Å²) in [6.07, 6.45) is 1.85. The summed E-state index contributed by atoms with van der Waals surface area (Å²) in [5, 5.41) is 3.29. The highest BCUT2D eigenvalue weighted by Gasteiger charge is 2.14. The minimum absolute atomic E-state index is 0.0379. The Labute approximate surface area is 109 Å². The molecule has 3 heteroatoms. The molecule has 0 saturated heterocycles. The maximum Gasteiger partial charge on any atom is 0.335 e. The van der Waals surface area contributed by atoms with Crippen molar-refractivity contribution < 1.29 is 9.53 Å². The zero-order chi connectivity index (χ0) is 13.6. The monoisotopic (exact) mass is 247 g/mol. The molecular formula is C15H21NO2. The van der Waals surface area contributed by atoms with Crippen LogP contribution in [0.3, 0.4) is 0 Å². The Morgan fingerprint density at radius 2 is 1.89 bits per heavy atom. The van der Waals surface area contributed by atoms with Crippen molar-refractivity contribution in [2.24, 2.45) is 0 Å². The predicted octanol–water partition coefficient (Wildman–Crippen LogP) is 2.63. The van der Waals surface area contributed by atoms with E-state index >= 15 is 0 Å². The van der Waals surface area contributed by atoms with Crippen LogP contribution in [-0.4, -0.2) is 25.2 Å². The fourth-order valence-electron chi connectivity index (χ4n) is 1.42. The molecule has 0 spiro atoms. The number of benzene rings is 1. The van der Waals surface area contributed by atoms with Gasteiger partial charge in [0.25, 0.3) is 0 Å². The summed E-state index contributed by atoms with van der Waals surface area (Å²) in [6.45, 7) is 6.67. The topological polar surface area (TPSA) is 38.3 Å². The lowest BCUT2D eigenvalue weighted by Gasteiger charge is -2.21. The smallest absolute Gasteiger partial charge is 0.335 e. The number of ether oxygens (including phenoxy) is 1. The molecular weight excluding hydrogens is 226 g/mol. The van der Waals surface area contributed by atoms with E-state index in [-0.39, 0.29) is 11.5 Å². The van der Waals surface area contributed by atoms with Crippen LogP contribution >= 0.6 is 0 Å². The van der Waals surface area contributed by atoms with Crippen molar-refractivity contribution >= 4 is 12.0 Å². The molecule has 0 radical (unpaired) electrons. The van der Waals surface area contributed by atoms with Gasteiger partial charge in [-0.3, -0.25) is 0 Å². The van der Waals surface area contributed by atoms with Gasteiger partial charge in [0.15, 0.2) is 0 Å². The van der Waals surface area contributed by atoms with Crippen LogP contribution in [-0.2, 0) is 9.53 Å². The molecule has 1 rings (SSSR count). The SMILES string of the molecule is COC(=O)/C(=C/c1ccccc1)CNC(C)(C)C. The first-order valence-corrected chi connectivity index (χ1v) is 6.01. The second kappa shape index (κ2) is 6.36. The van der Waals surface area contributed by atoms with E-state index in [4.69, 9.17) is 4.74 Å². The summed E-state index contributed by atoms with van der Waals surface area (Å²) in [7, 11) is 1.40. The van der Waals surface area contributed by atoms with Crippen LogP contribution in [0, 0.1) is 0 Å². The number of rotatable bonds is 4. The lowest BCUT2D eigenvalue weighted by molar-refractivity contribution is -0.136. The molecule has 98 valence electrons. The standard InChI is InChI=1S/C15H21NO2/c1-15(2,3)16-11-13(14(17)18-4)10-12-8-6-5-7-9-12/h5-10,16H,11H2,1-4H3/b13-10+. The van der Waals surface area contributed by atoms with Crippen LogP contribution in [0.2, 0.25) is 0 Å². The van der Waals surface area contributed by atoms with Crippen LogP contribution in [0.25, 0.3) is 6.08 Å². The number of carbonyl (C=O) groups excluding carboxylic acids is 1. The van der Waals surface area contributed by atoms with Gasteiger partial charge in [-0.25, -0.2) is 4.79 Å². The van der Waals surface area contributed by atoms with Gasteiger partial charge < -0.3 is 10.1 Å². The average molecular weight is 247 g/mol. The van der Waals surface area contributed by atoms with Crippen LogP contribution in [0.5, 0.6) is 0 Å². The number of esters is 1. The normalized spacial score (nSPS) is 12.3. The van der Waals surface area contributed by atoms with Gasteiger partial charge in [-0.15, -0.1) is 0 Å². The zero-order valence-electron chi connectivity index (χ0n) is 11.5. The Bertz CT molecular complexity index is 416. The highest BCUT2D eigenvalue weighted by molar-refractivity contribution is 5.94. The predicted molar refractivity (Wildman–Crippen MR) is 74.2 cm³/mol. The van der Waals surface area contributed by atoms with Crippen molar-refractivity contribution in [3.8, 4) is 0 Å². The van der Waals surface area contributed by atoms with E-state index < -0.39 is 0 Å². The number of hydrogen-bond donors (Lipinski definition) is 1. The maximum atomic E-state index is 11.7. The first-order chi connectivity index (χ1) is 8.42.